The molecule has 1 aromatic carbocycles. The molecule has 0 spiro atoms. The highest BCUT2D eigenvalue weighted by atomic mass is 79.9. The topological polar surface area (TPSA) is 46.2 Å². The molecule has 0 saturated carbocycles. The third-order valence-electron chi connectivity index (χ3n) is 2.33. The number of rotatable bonds is 3. The maximum absolute atomic E-state index is 11.8. The molecule has 0 radical (unpaired) electrons. The van der Waals surface area contributed by atoms with Crippen LogP contribution in [0, 0.1) is 0 Å². The molecule has 16 heavy (non-hydrogen) atoms. The van der Waals surface area contributed by atoms with E-state index in [-0.39, 0.29) is 5.75 Å². The van der Waals surface area contributed by atoms with E-state index in [0.29, 0.717) is 0 Å². The van der Waals surface area contributed by atoms with Crippen LogP contribution in [0.25, 0.3) is 0 Å². The molecule has 0 aromatic heterocycles. The molecule has 1 N–H and O–H groups in total. The summed E-state index contributed by atoms with van der Waals surface area (Å²) in [6.07, 6.45) is 0.831. The second-order valence-electron chi connectivity index (χ2n) is 3.76. The SMILES string of the molecule is O=S(=O)(/C=C1\CCN1)Cc1cccc(Br)c1. The van der Waals surface area contributed by atoms with Crippen molar-refractivity contribution in [2.45, 2.75) is 12.2 Å². The zero-order chi connectivity index (χ0) is 11.6. The molecule has 0 unspecified atom stereocenters. The van der Waals surface area contributed by atoms with Gasteiger partial charge in [0.2, 0.25) is 0 Å². The van der Waals surface area contributed by atoms with Gasteiger partial charge in [-0.25, -0.2) is 8.42 Å². The van der Waals surface area contributed by atoms with Crippen LogP contribution < -0.4 is 5.32 Å². The Morgan fingerprint density at radius 3 is 2.75 bits per heavy atom. The van der Waals surface area contributed by atoms with Crippen molar-refractivity contribution in [2.24, 2.45) is 0 Å². The van der Waals surface area contributed by atoms with Gasteiger partial charge in [0.15, 0.2) is 9.84 Å². The van der Waals surface area contributed by atoms with Crippen LogP contribution in [-0.4, -0.2) is 15.0 Å². The van der Waals surface area contributed by atoms with Crippen molar-refractivity contribution in [2.75, 3.05) is 6.54 Å². The second kappa shape index (κ2) is 4.59. The number of sulfone groups is 1. The molecular weight excluding hydrogens is 290 g/mol. The van der Waals surface area contributed by atoms with E-state index < -0.39 is 9.84 Å². The summed E-state index contributed by atoms with van der Waals surface area (Å²) in [6, 6.07) is 7.35. The molecule has 2 rings (SSSR count). The minimum Gasteiger partial charge on any atom is -0.387 e. The summed E-state index contributed by atoms with van der Waals surface area (Å²) in [5, 5.41) is 4.32. The maximum Gasteiger partial charge on any atom is 0.177 e. The number of nitrogens with one attached hydrogen (secondary N) is 1. The molecule has 0 aliphatic carbocycles. The van der Waals surface area contributed by atoms with Gasteiger partial charge in [0.1, 0.15) is 0 Å². The lowest BCUT2D eigenvalue weighted by atomic mass is 10.2. The Morgan fingerprint density at radius 2 is 2.19 bits per heavy atom. The minimum absolute atomic E-state index is 0.0532. The third-order valence-corrected chi connectivity index (χ3v) is 4.20. The number of benzene rings is 1. The lowest BCUT2D eigenvalue weighted by molar-refractivity contribution is 0.597. The van der Waals surface area contributed by atoms with E-state index >= 15 is 0 Å². The van der Waals surface area contributed by atoms with Crippen LogP contribution in [-0.2, 0) is 15.6 Å². The predicted molar refractivity (Wildman–Crippen MR) is 67.5 cm³/mol. The minimum atomic E-state index is -3.16. The first-order valence-electron chi connectivity index (χ1n) is 4.97. The Hall–Kier alpha value is -0.810. The van der Waals surface area contributed by atoms with Gasteiger partial charge in [-0.3, -0.25) is 0 Å². The van der Waals surface area contributed by atoms with Gasteiger partial charge in [-0.05, 0) is 17.7 Å². The lowest BCUT2D eigenvalue weighted by Gasteiger charge is -2.19. The molecular formula is C11H12BrNO2S. The van der Waals surface area contributed by atoms with E-state index in [2.05, 4.69) is 21.2 Å². The summed E-state index contributed by atoms with van der Waals surface area (Å²) < 4.78 is 24.5. The van der Waals surface area contributed by atoms with Crippen molar-refractivity contribution in [3.8, 4) is 0 Å². The highest BCUT2D eigenvalue weighted by Gasteiger charge is 2.14. The summed E-state index contributed by atoms with van der Waals surface area (Å²) >= 11 is 3.32. The average Bonchev–Trinajstić information content (AvgIpc) is 2.11. The van der Waals surface area contributed by atoms with Gasteiger partial charge in [0.05, 0.1) is 5.75 Å². The molecule has 1 heterocycles. The largest absolute Gasteiger partial charge is 0.387 e. The van der Waals surface area contributed by atoms with Crippen LogP contribution in [0.4, 0.5) is 0 Å². The van der Waals surface area contributed by atoms with Gasteiger partial charge < -0.3 is 5.32 Å². The quantitative estimate of drug-likeness (QED) is 0.931. The van der Waals surface area contributed by atoms with Crippen LogP contribution in [0.5, 0.6) is 0 Å². The fourth-order valence-electron chi connectivity index (χ4n) is 1.49. The number of hydrogen-bond acceptors (Lipinski definition) is 3. The fraction of sp³-hybridized carbons (Fsp3) is 0.273. The van der Waals surface area contributed by atoms with Gasteiger partial charge in [0, 0.05) is 28.5 Å². The summed E-state index contributed by atoms with van der Waals surface area (Å²) in [5.41, 5.74) is 1.61. The monoisotopic (exact) mass is 301 g/mol. The summed E-state index contributed by atoms with van der Waals surface area (Å²) in [4.78, 5) is 0. The third kappa shape index (κ3) is 3.09. The Bertz CT molecular complexity index is 517. The molecule has 0 bridgehead atoms. The number of halogens is 1. The van der Waals surface area contributed by atoms with Crippen molar-refractivity contribution >= 4 is 25.8 Å². The van der Waals surface area contributed by atoms with Gasteiger partial charge in [-0.1, -0.05) is 28.1 Å². The maximum atomic E-state index is 11.8. The van der Waals surface area contributed by atoms with Crippen molar-refractivity contribution in [3.05, 3.63) is 45.4 Å². The van der Waals surface area contributed by atoms with Crippen LogP contribution in [0.3, 0.4) is 0 Å². The Labute approximate surface area is 104 Å². The molecule has 0 amide bonds. The standard InChI is InChI=1S/C11H12BrNO2S/c12-10-3-1-2-9(6-10)7-16(14,15)8-11-4-5-13-11/h1-3,6,8,13H,4-5,7H2/b11-8+. The first-order chi connectivity index (χ1) is 7.55. The van der Waals surface area contributed by atoms with E-state index in [1.807, 2.05) is 24.3 Å². The molecule has 1 fully saturated rings. The Morgan fingerprint density at radius 1 is 1.44 bits per heavy atom. The molecule has 1 aromatic rings. The molecule has 1 saturated heterocycles. The first-order valence-corrected chi connectivity index (χ1v) is 7.48. The van der Waals surface area contributed by atoms with E-state index in [4.69, 9.17) is 0 Å². The van der Waals surface area contributed by atoms with Crippen LogP contribution in [0.2, 0.25) is 0 Å². The molecule has 1 aliphatic heterocycles. The number of hydrogen-bond donors (Lipinski definition) is 1. The molecule has 5 heteroatoms. The summed E-state index contributed by atoms with van der Waals surface area (Å²) in [7, 11) is -3.16. The van der Waals surface area contributed by atoms with Crippen LogP contribution in [0.1, 0.15) is 12.0 Å². The molecule has 1 aliphatic rings. The zero-order valence-electron chi connectivity index (χ0n) is 8.61. The van der Waals surface area contributed by atoms with E-state index in [0.717, 1.165) is 28.7 Å². The van der Waals surface area contributed by atoms with Crippen molar-refractivity contribution in [1.29, 1.82) is 0 Å². The summed E-state index contributed by atoms with van der Waals surface area (Å²) in [5.74, 6) is 0.0532. The van der Waals surface area contributed by atoms with E-state index in [9.17, 15) is 8.42 Å². The average molecular weight is 302 g/mol. The molecule has 86 valence electrons. The van der Waals surface area contributed by atoms with Crippen LogP contribution >= 0.6 is 15.9 Å². The zero-order valence-corrected chi connectivity index (χ0v) is 11.0. The Balaban J connectivity index is 2.14. The van der Waals surface area contributed by atoms with Gasteiger partial charge in [-0.15, -0.1) is 0 Å². The van der Waals surface area contributed by atoms with E-state index in [1.54, 1.807) is 0 Å². The highest BCUT2D eigenvalue weighted by molar-refractivity contribution is 9.10. The Kier molecular flexibility index (Phi) is 3.35. The fourth-order valence-corrected chi connectivity index (χ4v) is 3.30. The second-order valence-corrected chi connectivity index (χ2v) is 6.52. The lowest BCUT2D eigenvalue weighted by Crippen LogP contribution is -2.28. The van der Waals surface area contributed by atoms with Crippen LogP contribution in [0.15, 0.2) is 39.8 Å². The first kappa shape index (κ1) is 11.7. The predicted octanol–water partition coefficient (Wildman–Crippen LogP) is 2.20. The van der Waals surface area contributed by atoms with Gasteiger partial charge in [-0.2, -0.15) is 0 Å². The van der Waals surface area contributed by atoms with Gasteiger partial charge >= 0.3 is 0 Å². The van der Waals surface area contributed by atoms with Gasteiger partial charge in [0.25, 0.3) is 0 Å². The van der Waals surface area contributed by atoms with E-state index in [1.165, 1.54) is 5.41 Å². The smallest absolute Gasteiger partial charge is 0.177 e. The molecule has 0 atom stereocenters. The normalized spacial score (nSPS) is 17.9. The summed E-state index contributed by atoms with van der Waals surface area (Å²) in [6.45, 7) is 0.873. The van der Waals surface area contributed by atoms with Crippen molar-refractivity contribution in [3.63, 3.8) is 0 Å². The van der Waals surface area contributed by atoms with Crippen molar-refractivity contribution < 1.29 is 8.42 Å². The molecule has 3 nitrogen and oxygen atoms in total. The highest BCUT2D eigenvalue weighted by Crippen LogP contribution is 2.16. The van der Waals surface area contributed by atoms with Crippen molar-refractivity contribution in [1.82, 2.24) is 5.32 Å².